The van der Waals surface area contributed by atoms with Crippen LogP contribution >= 0.6 is 0 Å². The first-order chi connectivity index (χ1) is 4.41. The Hall–Kier alpha value is -0.474. The summed E-state index contributed by atoms with van der Waals surface area (Å²) < 4.78 is 0. The third-order valence-electron chi connectivity index (χ3n) is 0.607. The number of benzene rings is 1. The maximum atomic E-state index is 8.69. The summed E-state index contributed by atoms with van der Waals surface area (Å²) in [5, 5.41) is 0. The topological polar surface area (TPSA) is 17.1 Å². The van der Waals surface area contributed by atoms with Crippen molar-refractivity contribution >= 4 is 29.3 Å². The predicted octanol–water partition coefficient (Wildman–Crippen LogP) is 1.13. The maximum Gasteiger partial charge on any atom is 2.00 e. The minimum atomic E-state index is 0. The Balaban J connectivity index is 0. The monoisotopic (exact) mass is 144 g/mol. The molecule has 0 atom stereocenters. The minimum absolute atomic E-state index is 0. The van der Waals surface area contributed by atoms with Gasteiger partial charge in [-0.05, 0) is 6.29 Å². The molecule has 0 heterocycles. The molecule has 0 fully saturated rings. The standard InChI is InChI=1S/C6H5.C2H3O.Mg/c1-2-4-6-5-3-1;1-2-3;/h1-5H;2H,1H2;/q2*-1;+2. The molecule has 0 saturated heterocycles. The molecule has 0 aromatic heterocycles. The van der Waals surface area contributed by atoms with Gasteiger partial charge in [0.05, 0.1) is 0 Å². The number of aldehydes is 1. The van der Waals surface area contributed by atoms with Crippen molar-refractivity contribution < 1.29 is 4.79 Å². The van der Waals surface area contributed by atoms with Crippen LogP contribution in [-0.4, -0.2) is 29.3 Å². The van der Waals surface area contributed by atoms with Crippen LogP contribution in [0.15, 0.2) is 30.3 Å². The van der Waals surface area contributed by atoms with Gasteiger partial charge < -0.3 is 11.7 Å². The van der Waals surface area contributed by atoms with Crippen LogP contribution in [-0.2, 0) is 4.79 Å². The van der Waals surface area contributed by atoms with Crippen molar-refractivity contribution in [1.29, 1.82) is 0 Å². The van der Waals surface area contributed by atoms with Gasteiger partial charge >= 0.3 is 23.1 Å². The summed E-state index contributed by atoms with van der Waals surface area (Å²) in [6.07, 6.45) is 0.500. The van der Waals surface area contributed by atoms with Gasteiger partial charge in [-0.15, -0.1) is 0 Å². The van der Waals surface area contributed by atoms with Crippen LogP contribution in [0.3, 0.4) is 0 Å². The molecule has 0 N–H and O–H groups in total. The number of rotatable bonds is 0. The van der Waals surface area contributed by atoms with E-state index in [1.54, 1.807) is 0 Å². The first-order valence-corrected chi connectivity index (χ1v) is 2.55. The third kappa shape index (κ3) is 10.5. The van der Waals surface area contributed by atoms with E-state index >= 15 is 0 Å². The van der Waals surface area contributed by atoms with Crippen molar-refractivity contribution in [2.24, 2.45) is 0 Å². The van der Waals surface area contributed by atoms with E-state index in [1.807, 2.05) is 30.3 Å². The molecule has 0 spiro atoms. The van der Waals surface area contributed by atoms with Gasteiger partial charge in [0.15, 0.2) is 0 Å². The van der Waals surface area contributed by atoms with Crippen LogP contribution in [0.2, 0.25) is 0 Å². The van der Waals surface area contributed by atoms with Crippen molar-refractivity contribution in [2.75, 3.05) is 0 Å². The fourth-order valence-corrected chi connectivity index (χ4v) is 0.342. The summed E-state index contributed by atoms with van der Waals surface area (Å²) in [6.45, 7) is 2.81. The molecule has 0 bridgehead atoms. The van der Waals surface area contributed by atoms with Crippen molar-refractivity contribution in [3.8, 4) is 0 Å². The Morgan fingerprint density at radius 1 is 1.20 bits per heavy atom. The fourth-order valence-electron chi connectivity index (χ4n) is 0.342. The van der Waals surface area contributed by atoms with Crippen LogP contribution < -0.4 is 0 Å². The summed E-state index contributed by atoms with van der Waals surface area (Å²) in [5.41, 5.74) is 0. The first kappa shape index (κ1) is 12.2. The average molecular weight is 144 g/mol. The van der Waals surface area contributed by atoms with E-state index in [-0.39, 0.29) is 23.1 Å². The van der Waals surface area contributed by atoms with Crippen molar-refractivity contribution in [1.82, 2.24) is 0 Å². The van der Waals surface area contributed by atoms with E-state index in [9.17, 15) is 0 Å². The molecule has 0 aliphatic carbocycles. The molecular formula is C8H8MgO. The largest absolute Gasteiger partial charge is 2.00 e. The quantitative estimate of drug-likeness (QED) is 0.303. The smallest absolute Gasteiger partial charge is 0.343 e. The van der Waals surface area contributed by atoms with Crippen LogP contribution in [0.4, 0.5) is 0 Å². The Morgan fingerprint density at radius 2 is 1.60 bits per heavy atom. The average Bonchev–Trinajstić information content (AvgIpc) is 1.93. The Kier molecular flexibility index (Phi) is 13.9. The second kappa shape index (κ2) is 11.3. The van der Waals surface area contributed by atoms with Crippen molar-refractivity contribution in [2.45, 2.75) is 0 Å². The third-order valence-corrected chi connectivity index (χ3v) is 0.607. The molecular weight excluding hydrogens is 136 g/mol. The minimum Gasteiger partial charge on any atom is -0.343 e. The molecule has 0 radical (unpaired) electrons. The molecule has 2 heteroatoms. The van der Waals surface area contributed by atoms with Crippen LogP contribution in [0.1, 0.15) is 0 Å². The summed E-state index contributed by atoms with van der Waals surface area (Å²) in [6, 6.07) is 12.5. The normalized spacial score (nSPS) is 6.00. The van der Waals surface area contributed by atoms with E-state index in [1.165, 1.54) is 0 Å². The Morgan fingerprint density at radius 3 is 1.70 bits per heavy atom. The zero-order valence-electron chi connectivity index (χ0n) is 5.79. The Labute approximate surface area is 77.6 Å². The predicted molar refractivity (Wildman–Crippen MR) is 42.5 cm³/mol. The number of hydrogen-bond donors (Lipinski definition) is 0. The zero-order chi connectivity index (χ0) is 6.95. The second-order valence-electron chi connectivity index (χ2n) is 1.24. The summed E-state index contributed by atoms with van der Waals surface area (Å²) in [7, 11) is 0. The number of carbonyl (C=O) groups excluding carboxylic acids is 1. The molecule has 1 aromatic carbocycles. The molecule has 10 heavy (non-hydrogen) atoms. The molecule has 0 saturated carbocycles. The van der Waals surface area contributed by atoms with Gasteiger partial charge in [-0.1, -0.05) is 0 Å². The van der Waals surface area contributed by atoms with Crippen molar-refractivity contribution in [3.63, 3.8) is 0 Å². The van der Waals surface area contributed by atoms with Gasteiger partial charge in [0.1, 0.15) is 0 Å². The molecule has 0 unspecified atom stereocenters. The van der Waals surface area contributed by atoms with Crippen LogP contribution in [0.5, 0.6) is 0 Å². The van der Waals surface area contributed by atoms with E-state index < -0.39 is 0 Å². The van der Waals surface area contributed by atoms with Gasteiger partial charge in [-0.2, -0.15) is 36.4 Å². The zero-order valence-corrected chi connectivity index (χ0v) is 7.20. The van der Waals surface area contributed by atoms with E-state index in [4.69, 9.17) is 4.79 Å². The van der Waals surface area contributed by atoms with Gasteiger partial charge in [0.2, 0.25) is 0 Å². The fraction of sp³-hybridized carbons (Fsp3) is 0. The molecule has 1 aromatic rings. The van der Waals surface area contributed by atoms with Crippen molar-refractivity contribution in [3.05, 3.63) is 43.3 Å². The molecule has 0 amide bonds. The SMILES string of the molecule is [CH2-]C=O.[Mg+2].[c-]1ccccc1. The van der Waals surface area contributed by atoms with Gasteiger partial charge in [-0.3, -0.25) is 0 Å². The summed E-state index contributed by atoms with van der Waals surface area (Å²) >= 11 is 0. The van der Waals surface area contributed by atoms with Crippen LogP contribution in [0, 0.1) is 13.0 Å². The van der Waals surface area contributed by atoms with E-state index in [0.29, 0.717) is 6.29 Å². The molecule has 1 rings (SSSR count). The summed E-state index contributed by atoms with van der Waals surface area (Å²) in [5.74, 6) is 0. The molecule has 48 valence electrons. The molecule has 0 aliphatic heterocycles. The van der Waals surface area contributed by atoms with E-state index in [0.717, 1.165) is 0 Å². The summed E-state index contributed by atoms with van der Waals surface area (Å²) in [4.78, 5) is 8.69. The first-order valence-electron chi connectivity index (χ1n) is 2.55. The van der Waals surface area contributed by atoms with E-state index in [2.05, 4.69) is 13.0 Å². The van der Waals surface area contributed by atoms with Gasteiger partial charge in [0.25, 0.3) is 0 Å². The van der Waals surface area contributed by atoms with Gasteiger partial charge in [-0.25, -0.2) is 0 Å². The second-order valence-corrected chi connectivity index (χ2v) is 1.24. The molecule has 0 aliphatic rings. The number of carbonyl (C=O) groups is 1. The molecule has 1 nitrogen and oxygen atoms in total. The number of hydrogen-bond acceptors (Lipinski definition) is 1. The van der Waals surface area contributed by atoms with Crippen LogP contribution in [0.25, 0.3) is 0 Å². The maximum absolute atomic E-state index is 8.69. The Bertz CT molecular complexity index is 112. The van der Waals surface area contributed by atoms with Gasteiger partial charge in [0, 0.05) is 0 Å².